The van der Waals surface area contributed by atoms with E-state index in [1.165, 1.54) is 0 Å². The summed E-state index contributed by atoms with van der Waals surface area (Å²) >= 11 is 11.7. The molecule has 2 heterocycles. The Hall–Kier alpha value is -1.98. The van der Waals surface area contributed by atoms with Crippen LogP contribution >= 0.6 is 23.8 Å². The number of thiocarbonyl (C=S) groups is 1. The highest BCUT2D eigenvalue weighted by Crippen LogP contribution is 2.48. The van der Waals surface area contributed by atoms with Crippen molar-refractivity contribution >= 4 is 28.9 Å². The Morgan fingerprint density at radius 1 is 1.31 bits per heavy atom. The Balaban J connectivity index is 1.69. The molecule has 2 bridgehead atoms. The molecule has 0 aromatic heterocycles. The van der Waals surface area contributed by atoms with Gasteiger partial charge in [0.1, 0.15) is 0 Å². The minimum Gasteiger partial charge on any atom is -0.490 e. The third-order valence-corrected chi connectivity index (χ3v) is 5.55. The first kappa shape index (κ1) is 17.4. The number of hydrogen-bond donors (Lipinski definition) is 1. The second kappa shape index (κ2) is 6.63. The maximum atomic E-state index is 6.50. The summed E-state index contributed by atoms with van der Waals surface area (Å²) in [6, 6.07) is 14.0. The molecular weight excluding hydrogens is 368 g/mol. The summed E-state index contributed by atoms with van der Waals surface area (Å²) in [6.45, 7) is 5.32. The minimum absolute atomic E-state index is 0.123. The zero-order chi connectivity index (χ0) is 18.3. The van der Waals surface area contributed by atoms with Crippen molar-refractivity contribution in [1.29, 1.82) is 0 Å². The molecule has 136 valence electrons. The van der Waals surface area contributed by atoms with Crippen LogP contribution in [0.25, 0.3) is 0 Å². The quantitative estimate of drug-likeness (QED) is 0.770. The van der Waals surface area contributed by atoms with Crippen LogP contribution in [0.15, 0.2) is 42.5 Å². The van der Waals surface area contributed by atoms with Crippen LogP contribution in [-0.4, -0.2) is 22.3 Å². The first-order valence-corrected chi connectivity index (χ1v) is 9.56. The fourth-order valence-electron chi connectivity index (χ4n) is 3.68. The van der Waals surface area contributed by atoms with Gasteiger partial charge >= 0.3 is 0 Å². The van der Waals surface area contributed by atoms with E-state index in [-0.39, 0.29) is 6.04 Å². The van der Waals surface area contributed by atoms with Gasteiger partial charge in [0.15, 0.2) is 22.3 Å². The number of fused-ring (bicyclic) bond motifs is 4. The summed E-state index contributed by atoms with van der Waals surface area (Å²) in [4.78, 5) is 2.10. The summed E-state index contributed by atoms with van der Waals surface area (Å²) < 4.78 is 12.3. The number of para-hydroxylation sites is 1. The fraction of sp³-hybridized carbons (Fsp3) is 0.350. The zero-order valence-corrected chi connectivity index (χ0v) is 16.4. The number of rotatable bonds is 4. The maximum Gasteiger partial charge on any atom is 0.184 e. The molecule has 0 unspecified atom stereocenters. The smallest absolute Gasteiger partial charge is 0.184 e. The maximum absolute atomic E-state index is 6.50. The largest absolute Gasteiger partial charge is 0.490 e. The standard InChI is InChI=1S/C20H21ClN2O2S/c1-3-24-17-6-4-5-15-16-11-20(2,25-18(15)17)23(19(26)22-16)12-13-7-9-14(21)10-8-13/h4-10,16H,3,11-12H2,1-2H3,(H,22,26)/t16-,20+/m0/s1. The summed E-state index contributed by atoms with van der Waals surface area (Å²) in [7, 11) is 0. The van der Waals surface area contributed by atoms with Crippen molar-refractivity contribution in [3.8, 4) is 11.5 Å². The minimum atomic E-state index is -0.535. The second-order valence-electron chi connectivity index (χ2n) is 6.80. The topological polar surface area (TPSA) is 33.7 Å². The van der Waals surface area contributed by atoms with Gasteiger partial charge in [-0.2, -0.15) is 0 Å². The third-order valence-electron chi connectivity index (χ3n) is 4.96. The summed E-state index contributed by atoms with van der Waals surface area (Å²) in [5.74, 6) is 1.59. The second-order valence-corrected chi connectivity index (χ2v) is 7.63. The Morgan fingerprint density at radius 3 is 2.81 bits per heavy atom. The van der Waals surface area contributed by atoms with Crippen LogP contribution in [0.3, 0.4) is 0 Å². The first-order chi connectivity index (χ1) is 12.5. The van der Waals surface area contributed by atoms with Crippen LogP contribution in [0.1, 0.15) is 37.4 Å². The molecule has 0 saturated carbocycles. The van der Waals surface area contributed by atoms with Crippen LogP contribution in [-0.2, 0) is 6.54 Å². The van der Waals surface area contributed by atoms with E-state index in [0.29, 0.717) is 18.3 Å². The number of nitrogens with one attached hydrogen (secondary N) is 1. The monoisotopic (exact) mass is 388 g/mol. The Bertz CT molecular complexity index is 842. The predicted molar refractivity (Wildman–Crippen MR) is 107 cm³/mol. The third kappa shape index (κ3) is 2.99. The molecule has 2 aromatic rings. The van der Waals surface area contributed by atoms with Crippen molar-refractivity contribution in [3.05, 3.63) is 58.6 Å². The van der Waals surface area contributed by atoms with Gasteiger partial charge in [0, 0.05) is 23.6 Å². The van der Waals surface area contributed by atoms with Crippen LogP contribution in [0.4, 0.5) is 0 Å². The van der Waals surface area contributed by atoms with Crippen molar-refractivity contribution in [3.63, 3.8) is 0 Å². The highest BCUT2D eigenvalue weighted by molar-refractivity contribution is 7.80. The molecule has 2 aliphatic heterocycles. The molecule has 1 fully saturated rings. The van der Waals surface area contributed by atoms with Gasteiger partial charge in [-0.15, -0.1) is 0 Å². The highest BCUT2D eigenvalue weighted by atomic mass is 35.5. The fourth-order valence-corrected chi connectivity index (χ4v) is 4.21. The van der Waals surface area contributed by atoms with Gasteiger partial charge in [-0.3, -0.25) is 0 Å². The lowest BCUT2D eigenvalue weighted by Crippen LogP contribution is -2.64. The molecule has 0 radical (unpaired) electrons. The normalized spacial score (nSPS) is 23.7. The van der Waals surface area contributed by atoms with Crippen LogP contribution in [0.5, 0.6) is 11.5 Å². The average molecular weight is 389 g/mol. The molecular formula is C20H21ClN2O2S. The SMILES string of the molecule is CCOc1cccc2c1O[C@]1(C)C[C@@H]2NC(=S)N1Cc1ccc(Cl)cc1. The van der Waals surface area contributed by atoms with Crippen LogP contribution < -0.4 is 14.8 Å². The van der Waals surface area contributed by atoms with Crippen molar-refractivity contribution in [2.45, 2.75) is 38.6 Å². The molecule has 2 atom stereocenters. The zero-order valence-electron chi connectivity index (χ0n) is 14.8. The van der Waals surface area contributed by atoms with E-state index in [4.69, 9.17) is 33.3 Å². The molecule has 0 spiro atoms. The van der Waals surface area contributed by atoms with E-state index in [1.807, 2.05) is 43.3 Å². The summed E-state index contributed by atoms with van der Waals surface area (Å²) in [5, 5.41) is 4.90. The molecule has 0 amide bonds. The molecule has 2 aromatic carbocycles. The van der Waals surface area contributed by atoms with Gasteiger partial charge in [0.05, 0.1) is 12.6 Å². The van der Waals surface area contributed by atoms with Gasteiger partial charge in [-0.1, -0.05) is 35.9 Å². The van der Waals surface area contributed by atoms with E-state index in [2.05, 4.69) is 23.2 Å². The molecule has 0 aliphatic carbocycles. The number of ether oxygens (including phenoxy) is 2. The van der Waals surface area contributed by atoms with Gasteiger partial charge < -0.3 is 19.7 Å². The van der Waals surface area contributed by atoms with Crippen molar-refractivity contribution in [2.75, 3.05) is 6.61 Å². The lowest BCUT2D eigenvalue weighted by molar-refractivity contribution is -0.0738. The number of halogens is 1. The predicted octanol–water partition coefficient (Wildman–Crippen LogP) is 4.67. The van der Waals surface area contributed by atoms with E-state index in [0.717, 1.165) is 34.1 Å². The molecule has 1 saturated heterocycles. The number of hydrogen-bond acceptors (Lipinski definition) is 3. The van der Waals surface area contributed by atoms with E-state index in [9.17, 15) is 0 Å². The Kier molecular flexibility index (Phi) is 4.45. The van der Waals surface area contributed by atoms with E-state index < -0.39 is 5.72 Å². The molecule has 2 aliphatic rings. The lowest BCUT2D eigenvalue weighted by Gasteiger charge is -2.52. The molecule has 1 N–H and O–H groups in total. The summed E-state index contributed by atoms with van der Waals surface area (Å²) in [6.07, 6.45) is 0.809. The average Bonchev–Trinajstić information content (AvgIpc) is 2.61. The van der Waals surface area contributed by atoms with Crippen LogP contribution in [0, 0.1) is 0 Å². The van der Waals surface area contributed by atoms with Gasteiger partial charge in [0.2, 0.25) is 0 Å². The molecule has 6 heteroatoms. The Morgan fingerprint density at radius 2 is 2.08 bits per heavy atom. The van der Waals surface area contributed by atoms with Crippen molar-refractivity contribution in [1.82, 2.24) is 10.2 Å². The number of nitrogens with zero attached hydrogens (tertiary/aromatic N) is 1. The van der Waals surface area contributed by atoms with E-state index >= 15 is 0 Å². The van der Waals surface area contributed by atoms with Gasteiger partial charge in [-0.05, 0) is 49.8 Å². The van der Waals surface area contributed by atoms with Crippen molar-refractivity contribution < 1.29 is 9.47 Å². The van der Waals surface area contributed by atoms with Gasteiger partial charge in [-0.25, -0.2) is 0 Å². The Labute approximate surface area is 164 Å². The molecule has 26 heavy (non-hydrogen) atoms. The summed E-state index contributed by atoms with van der Waals surface area (Å²) in [5.41, 5.74) is 1.69. The van der Waals surface area contributed by atoms with Gasteiger partial charge in [0.25, 0.3) is 0 Å². The van der Waals surface area contributed by atoms with Crippen LogP contribution in [0.2, 0.25) is 5.02 Å². The number of benzene rings is 2. The highest BCUT2D eigenvalue weighted by Gasteiger charge is 2.48. The lowest BCUT2D eigenvalue weighted by atomic mass is 9.90. The van der Waals surface area contributed by atoms with Crippen molar-refractivity contribution in [2.24, 2.45) is 0 Å². The molecule has 4 rings (SSSR count). The first-order valence-electron chi connectivity index (χ1n) is 8.77. The van der Waals surface area contributed by atoms with E-state index in [1.54, 1.807) is 0 Å². The molecule has 4 nitrogen and oxygen atoms in total.